The van der Waals surface area contributed by atoms with Crippen molar-refractivity contribution in [3.8, 4) is 0 Å². The Morgan fingerprint density at radius 2 is 1.48 bits per heavy atom. The Labute approximate surface area is 123 Å². The SMILES string of the molecule is COC[C@H]1O[C@H](OC)[C@@H](OC)[C@@H](OC(C)=O)[C@@H]1OC(C)=O. The second kappa shape index (κ2) is 8.28. The molecule has 0 spiro atoms. The maximum absolute atomic E-state index is 11.3. The minimum atomic E-state index is -0.852. The number of ether oxygens (including phenoxy) is 6. The quantitative estimate of drug-likeness (QED) is 0.628. The molecule has 1 fully saturated rings. The Bertz CT molecular complexity index is 358. The Hall–Kier alpha value is -1.22. The highest BCUT2D eigenvalue weighted by Crippen LogP contribution is 2.28. The molecule has 0 N–H and O–H groups in total. The van der Waals surface area contributed by atoms with Gasteiger partial charge in [0.05, 0.1) is 6.61 Å². The number of hydrogen-bond donors (Lipinski definition) is 0. The molecule has 1 heterocycles. The Kier molecular flexibility index (Phi) is 7.03. The molecule has 1 saturated heterocycles. The van der Waals surface area contributed by atoms with Crippen LogP contribution in [0.5, 0.6) is 0 Å². The third-order valence-electron chi connectivity index (χ3n) is 3.03. The lowest BCUT2D eigenvalue weighted by Crippen LogP contribution is -2.62. The minimum absolute atomic E-state index is 0.145. The Morgan fingerprint density at radius 1 is 0.905 bits per heavy atom. The Morgan fingerprint density at radius 3 is 1.90 bits per heavy atom. The van der Waals surface area contributed by atoms with Crippen LogP contribution in [0, 0.1) is 0 Å². The van der Waals surface area contributed by atoms with Crippen LogP contribution in [-0.4, -0.2) is 70.6 Å². The fourth-order valence-electron chi connectivity index (χ4n) is 2.27. The van der Waals surface area contributed by atoms with Crippen molar-refractivity contribution >= 4 is 11.9 Å². The summed E-state index contributed by atoms with van der Waals surface area (Å²) in [6, 6.07) is 0. The molecule has 0 aromatic heterocycles. The molecular formula is C13H22O8. The van der Waals surface area contributed by atoms with E-state index in [0.29, 0.717) is 0 Å². The summed E-state index contributed by atoms with van der Waals surface area (Å²) in [5.74, 6) is -1.04. The van der Waals surface area contributed by atoms with E-state index in [9.17, 15) is 9.59 Å². The zero-order chi connectivity index (χ0) is 16.0. The van der Waals surface area contributed by atoms with Crippen LogP contribution in [0.15, 0.2) is 0 Å². The molecule has 122 valence electrons. The first-order valence-corrected chi connectivity index (χ1v) is 6.49. The lowest BCUT2D eigenvalue weighted by atomic mass is 9.98. The molecule has 0 aliphatic carbocycles. The van der Waals surface area contributed by atoms with Gasteiger partial charge in [0.25, 0.3) is 0 Å². The first kappa shape index (κ1) is 17.8. The molecule has 1 aliphatic heterocycles. The van der Waals surface area contributed by atoms with Crippen molar-refractivity contribution in [2.24, 2.45) is 0 Å². The lowest BCUT2D eigenvalue weighted by molar-refractivity contribution is -0.304. The molecule has 0 aromatic rings. The van der Waals surface area contributed by atoms with Gasteiger partial charge in [0.15, 0.2) is 18.5 Å². The smallest absolute Gasteiger partial charge is 0.303 e. The summed E-state index contributed by atoms with van der Waals surface area (Å²) in [5.41, 5.74) is 0. The zero-order valence-electron chi connectivity index (χ0n) is 12.9. The summed E-state index contributed by atoms with van der Waals surface area (Å²) >= 11 is 0. The summed E-state index contributed by atoms with van der Waals surface area (Å²) in [5, 5.41) is 0. The van der Waals surface area contributed by atoms with Crippen molar-refractivity contribution in [3.63, 3.8) is 0 Å². The van der Waals surface area contributed by atoms with Gasteiger partial charge in [0.2, 0.25) is 0 Å². The van der Waals surface area contributed by atoms with Crippen molar-refractivity contribution in [2.75, 3.05) is 27.9 Å². The largest absolute Gasteiger partial charge is 0.456 e. The second-order valence-corrected chi connectivity index (χ2v) is 4.58. The molecular weight excluding hydrogens is 284 g/mol. The maximum atomic E-state index is 11.3. The van der Waals surface area contributed by atoms with Gasteiger partial charge in [-0.25, -0.2) is 0 Å². The molecule has 21 heavy (non-hydrogen) atoms. The minimum Gasteiger partial charge on any atom is -0.456 e. The van der Waals surface area contributed by atoms with E-state index in [2.05, 4.69) is 0 Å². The molecule has 0 radical (unpaired) electrons. The maximum Gasteiger partial charge on any atom is 0.303 e. The zero-order valence-corrected chi connectivity index (χ0v) is 12.9. The van der Waals surface area contributed by atoms with Crippen molar-refractivity contribution in [1.82, 2.24) is 0 Å². The van der Waals surface area contributed by atoms with E-state index in [-0.39, 0.29) is 6.61 Å². The highest BCUT2D eigenvalue weighted by Gasteiger charge is 2.50. The topological polar surface area (TPSA) is 89.5 Å². The molecule has 1 aliphatic rings. The fourth-order valence-corrected chi connectivity index (χ4v) is 2.27. The van der Waals surface area contributed by atoms with Gasteiger partial charge in [0.1, 0.15) is 12.2 Å². The highest BCUT2D eigenvalue weighted by atomic mass is 16.7. The molecule has 0 bridgehead atoms. The van der Waals surface area contributed by atoms with E-state index < -0.39 is 42.6 Å². The third-order valence-corrected chi connectivity index (χ3v) is 3.03. The summed E-state index contributed by atoms with van der Waals surface area (Å²) in [6.07, 6.45) is -3.83. The summed E-state index contributed by atoms with van der Waals surface area (Å²) in [6.45, 7) is 2.67. The molecule has 5 atom stereocenters. The van der Waals surface area contributed by atoms with Gasteiger partial charge in [0, 0.05) is 35.2 Å². The first-order valence-electron chi connectivity index (χ1n) is 6.49. The van der Waals surface area contributed by atoms with Crippen LogP contribution in [0.2, 0.25) is 0 Å². The average Bonchev–Trinajstić information content (AvgIpc) is 2.41. The van der Waals surface area contributed by atoms with Crippen LogP contribution in [0.1, 0.15) is 13.8 Å². The predicted octanol–water partition coefficient (Wildman–Crippen LogP) is -0.117. The number of carbonyl (C=O) groups is 2. The lowest BCUT2D eigenvalue weighted by Gasteiger charge is -2.43. The normalized spacial score (nSPS) is 32.5. The van der Waals surface area contributed by atoms with Crippen molar-refractivity contribution < 1.29 is 38.0 Å². The molecule has 0 unspecified atom stereocenters. The number of hydrogen-bond acceptors (Lipinski definition) is 8. The van der Waals surface area contributed by atoms with Gasteiger partial charge in [-0.15, -0.1) is 0 Å². The van der Waals surface area contributed by atoms with E-state index in [4.69, 9.17) is 28.4 Å². The summed E-state index contributed by atoms with van der Waals surface area (Å²) in [4.78, 5) is 22.6. The molecule has 0 amide bonds. The van der Waals surface area contributed by atoms with Crippen LogP contribution in [0.25, 0.3) is 0 Å². The van der Waals surface area contributed by atoms with Gasteiger partial charge in [-0.1, -0.05) is 0 Å². The monoisotopic (exact) mass is 306 g/mol. The molecule has 8 heteroatoms. The summed E-state index contributed by atoms with van der Waals surface area (Å²) in [7, 11) is 4.36. The van der Waals surface area contributed by atoms with E-state index >= 15 is 0 Å². The fraction of sp³-hybridized carbons (Fsp3) is 0.846. The average molecular weight is 306 g/mol. The number of esters is 2. The Balaban J connectivity index is 3.06. The number of methoxy groups -OCH3 is 3. The van der Waals surface area contributed by atoms with Gasteiger partial charge >= 0.3 is 11.9 Å². The van der Waals surface area contributed by atoms with Gasteiger partial charge in [-0.05, 0) is 0 Å². The van der Waals surface area contributed by atoms with Crippen molar-refractivity contribution in [2.45, 2.75) is 44.6 Å². The van der Waals surface area contributed by atoms with Gasteiger partial charge < -0.3 is 28.4 Å². The molecule has 0 saturated carbocycles. The van der Waals surface area contributed by atoms with Gasteiger partial charge in [-0.3, -0.25) is 9.59 Å². The number of carbonyl (C=O) groups excluding carboxylic acids is 2. The second-order valence-electron chi connectivity index (χ2n) is 4.58. The number of rotatable bonds is 6. The van der Waals surface area contributed by atoms with Crippen LogP contribution < -0.4 is 0 Å². The van der Waals surface area contributed by atoms with Crippen LogP contribution in [0.3, 0.4) is 0 Å². The highest BCUT2D eigenvalue weighted by molar-refractivity contribution is 5.67. The molecule has 8 nitrogen and oxygen atoms in total. The van der Waals surface area contributed by atoms with Crippen LogP contribution in [-0.2, 0) is 38.0 Å². The van der Waals surface area contributed by atoms with E-state index in [1.807, 2.05) is 0 Å². The van der Waals surface area contributed by atoms with Crippen molar-refractivity contribution in [3.05, 3.63) is 0 Å². The third kappa shape index (κ3) is 4.63. The predicted molar refractivity (Wildman–Crippen MR) is 69.5 cm³/mol. The van der Waals surface area contributed by atoms with Crippen LogP contribution >= 0.6 is 0 Å². The standard InChI is InChI=1S/C13H22O8/c1-7(14)19-10-9(6-16-3)21-13(18-5)12(17-4)11(10)20-8(2)15/h9-13H,6H2,1-5H3/t9-,10-,11+,12+,13+/m1/s1. The molecule has 1 rings (SSSR count). The first-order chi connectivity index (χ1) is 9.94. The van der Waals surface area contributed by atoms with Crippen LogP contribution in [0.4, 0.5) is 0 Å². The van der Waals surface area contributed by atoms with Crippen molar-refractivity contribution in [1.29, 1.82) is 0 Å². The molecule has 0 aromatic carbocycles. The van der Waals surface area contributed by atoms with E-state index in [1.165, 1.54) is 35.2 Å². The van der Waals surface area contributed by atoms with E-state index in [0.717, 1.165) is 0 Å². The van der Waals surface area contributed by atoms with Gasteiger partial charge in [-0.2, -0.15) is 0 Å². The van der Waals surface area contributed by atoms with E-state index in [1.54, 1.807) is 0 Å². The summed E-state index contributed by atoms with van der Waals surface area (Å²) < 4.78 is 31.7.